The Hall–Kier alpha value is -1.32. The Morgan fingerprint density at radius 3 is 2.17 bits per heavy atom. The van der Waals surface area contributed by atoms with Crippen LogP contribution in [0, 0.1) is 5.92 Å². The summed E-state index contributed by atoms with van der Waals surface area (Å²) in [6.45, 7) is 3.74. The SMILES string of the molecule is CC(C)CCC(C)Nc1ccc(OC(F)F)cc1. The summed E-state index contributed by atoms with van der Waals surface area (Å²) >= 11 is 0. The molecule has 102 valence electrons. The quantitative estimate of drug-likeness (QED) is 0.775. The molecule has 0 aromatic heterocycles. The Balaban J connectivity index is 2.42. The van der Waals surface area contributed by atoms with Gasteiger partial charge in [-0.25, -0.2) is 0 Å². The number of anilines is 1. The predicted molar refractivity (Wildman–Crippen MR) is 70.2 cm³/mol. The maximum Gasteiger partial charge on any atom is 0.387 e. The van der Waals surface area contributed by atoms with E-state index in [1.807, 2.05) is 0 Å². The first-order valence-electron chi connectivity index (χ1n) is 6.28. The number of halogens is 2. The second kappa shape index (κ2) is 7.19. The van der Waals surface area contributed by atoms with Crippen molar-refractivity contribution < 1.29 is 13.5 Å². The first-order chi connectivity index (χ1) is 8.47. The Labute approximate surface area is 107 Å². The summed E-state index contributed by atoms with van der Waals surface area (Å²) in [6, 6.07) is 6.97. The summed E-state index contributed by atoms with van der Waals surface area (Å²) in [5, 5.41) is 3.33. The lowest BCUT2D eigenvalue weighted by atomic mass is 10.0. The molecule has 0 amide bonds. The molecule has 0 bridgehead atoms. The molecule has 0 fully saturated rings. The third kappa shape index (κ3) is 5.84. The molecule has 0 saturated carbocycles. The van der Waals surface area contributed by atoms with Gasteiger partial charge in [-0.05, 0) is 49.9 Å². The molecule has 0 aliphatic carbocycles. The Kier molecular flexibility index (Phi) is 5.89. The van der Waals surface area contributed by atoms with Crippen LogP contribution in [0.15, 0.2) is 24.3 Å². The summed E-state index contributed by atoms with van der Waals surface area (Å²) in [7, 11) is 0. The second-order valence-electron chi connectivity index (χ2n) is 4.92. The lowest BCUT2D eigenvalue weighted by Crippen LogP contribution is -2.15. The molecule has 1 aromatic rings. The van der Waals surface area contributed by atoms with Gasteiger partial charge in [-0.15, -0.1) is 0 Å². The fourth-order valence-corrected chi connectivity index (χ4v) is 1.67. The lowest BCUT2D eigenvalue weighted by molar-refractivity contribution is -0.0498. The zero-order valence-corrected chi connectivity index (χ0v) is 11.1. The molecule has 0 saturated heterocycles. The molecular formula is C14H21F2NO. The van der Waals surface area contributed by atoms with Gasteiger partial charge in [0.1, 0.15) is 5.75 Å². The number of ether oxygens (including phenoxy) is 1. The van der Waals surface area contributed by atoms with Crippen LogP contribution in [0.4, 0.5) is 14.5 Å². The highest BCUT2D eigenvalue weighted by molar-refractivity contribution is 5.46. The molecule has 18 heavy (non-hydrogen) atoms. The van der Waals surface area contributed by atoms with E-state index in [9.17, 15) is 8.78 Å². The molecule has 2 nitrogen and oxygen atoms in total. The normalized spacial score (nSPS) is 12.8. The van der Waals surface area contributed by atoms with E-state index >= 15 is 0 Å². The second-order valence-corrected chi connectivity index (χ2v) is 4.92. The van der Waals surface area contributed by atoms with Crippen molar-refractivity contribution in [3.05, 3.63) is 24.3 Å². The van der Waals surface area contributed by atoms with Gasteiger partial charge in [0.15, 0.2) is 0 Å². The zero-order valence-electron chi connectivity index (χ0n) is 11.1. The predicted octanol–water partition coefficient (Wildman–Crippen LogP) is 4.52. The largest absolute Gasteiger partial charge is 0.435 e. The summed E-state index contributed by atoms with van der Waals surface area (Å²) in [6.07, 6.45) is 2.26. The summed E-state index contributed by atoms with van der Waals surface area (Å²) < 4.78 is 28.2. The zero-order chi connectivity index (χ0) is 13.5. The van der Waals surface area contributed by atoms with Gasteiger partial charge >= 0.3 is 6.61 Å². The minimum absolute atomic E-state index is 0.186. The minimum atomic E-state index is -2.77. The number of nitrogens with one attached hydrogen (secondary N) is 1. The number of benzene rings is 1. The maximum atomic E-state index is 12.0. The van der Waals surface area contributed by atoms with Crippen LogP contribution < -0.4 is 10.1 Å². The fraction of sp³-hybridized carbons (Fsp3) is 0.571. The van der Waals surface area contributed by atoms with Gasteiger partial charge in [0.05, 0.1) is 0 Å². The third-order valence-corrected chi connectivity index (χ3v) is 2.67. The van der Waals surface area contributed by atoms with Gasteiger partial charge in [0, 0.05) is 11.7 Å². The van der Waals surface area contributed by atoms with Crippen LogP contribution >= 0.6 is 0 Å². The van der Waals surface area contributed by atoms with E-state index in [2.05, 4.69) is 30.8 Å². The van der Waals surface area contributed by atoms with Crippen LogP contribution in [-0.2, 0) is 0 Å². The average Bonchev–Trinajstić information content (AvgIpc) is 2.28. The molecule has 1 aromatic carbocycles. The minimum Gasteiger partial charge on any atom is -0.435 e. The summed E-state index contributed by atoms with van der Waals surface area (Å²) in [5.74, 6) is 0.876. The van der Waals surface area contributed by atoms with E-state index in [-0.39, 0.29) is 5.75 Å². The first kappa shape index (κ1) is 14.7. The van der Waals surface area contributed by atoms with Crippen molar-refractivity contribution >= 4 is 5.69 Å². The van der Waals surface area contributed by atoms with Crippen LogP contribution in [-0.4, -0.2) is 12.7 Å². The molecule has 0 radical (unpaired) electrons. The number of hydrogen-bond donors (Lipinski definition) is 1. The molecule has 1 unspecified atom stereocenters. The maximum absolute atomic E-state index is 12.0. The highest BCUT2D eigenvalue weighted by Gasteiger charge is 2.06. The third-order valence-electron chi connectivity index (χ3n) is 2.67. The van der Waals surface area contributed by atoms with E-state index < -0.39 is 6.61 Å². The topological polar surface area (TPSA) is 21.3 Å². The van der Waals surface area contributed by atoms with Crippen LogP contribution in [0.25, 0.3) is 0 Å². The van der Waals surface area contributed by atoms with Crippen LogP contribution in [0.3, 0.4) is 0 Å². The first-order valence-corrected chi connectivity index (χ1v) is 6.28. The fourth-order valence-electron chi connectivity index (χ4n) is 1.67. The molecule has 1 atom stereocenters. The number of alkyl halides is 2. The van der Waals surface area contributed by atoms with Gasteiger partial charge in [0.25, 0.3) is 0 Å². The highest BCUT2D eigenvalue weighted by atomic mass is 19.3. The van der Waals surface area contributed by atoms with Crippen molar-refractivity contribution in [3.63, 3.8) is 0 Å². The molecule has 1 rings (SSSR count). The van der Waals surface area contributed by atoms with Crippen molar-refractivity contribution in [2.24, 2.45) is 5.92 Å². The van der Waals surface area contributed by atoms with Crippen molar-refractivity contribution in [3.8, 4) is 5.75 Å². The summed E-state index contributed by atoms with van der Waals surface area (Å²) in [5.41, 5.74) is 0.924. The van der Waals surface area contributed by atoms with E-state index in [1.165, 1.54) is 6.42 Å². The average molecular weight is 257 g/mol. The monoisotopic (exact) mass is 257 g/mol. The summed E-state index contributed by atoms with van der Waals surface area (Å²) in [4.78, 5) is 0. The van der Waals surface area contributed by atoms with Crippen molar-refractivity contribution in [2.45, 2.75) is 46.3 Å². The molecule has 1 N–H and O–H groups in total. The smallest absolute Gasteiger partial charge is 0.387 e. The van der Waals surface area contributed by atoms with Gasteiger partial charge in [-0.3, -0.25) is 0 Å². The Morgan fingerprint density at radius 2 is 1.67 bits per heavy atom. The standard InChI is InChI=1S/C14H21F2NO/c1-10(2)4-5-11(3)17-12-6-8-13(9-7-12)18-14(15)16/h6-11,14,17H,4-5H2,1-3H3. The van der Waals surface area contributed by atoms with E-state index in [0.717, 1.165) is 12.1 Å². The molecule has 0 aliphatic heterocycles. The van der Waals surface area contributed by atoms with Gasteiger partial charge in [0.2, 0.25) is 0 Å². The number of rotatable bonds is 7. The van der Waals surface area contributed by atoms with Crippen LogP contribution in [0.1, 0.15) is 33.6 Å². The van der Waals surface area contributed by atoms with E-state index in [1.54, 1.807) is 24.3 Å². The van der Waals surface area contributed by atoms with Crippen LogP contribution in [0.2, 0.25) is 0 Å². The van der Waals surface area contributed by atoms with Crippen molar-refractivity contribution in [1.82, 2.24) is 0 Å². The van der Waals surface area contributed by atoms with Gasteiger partial charge in [-0.2, -0.15) is 8.78 Å². The van der Waals surface area contributed by atoms with Crippen molar-refractivity contribution in [1.29, 1.82) is 0 Å². The van der Waals surface area contributed by atoms with Crippen LogP contribution in [0.5, 0.6) is 5.75 Å². The van der Waals surface area contributed by atoms with E-state index in [4.69, 9.17) is 0 Å². The van der Waals surface area contributed by atoms with E-state index in [0.29, 0.717) is 12.0 Å². The lowest BCUT2D eigenvalue weighted by Gasteiger charge is -2.16. The molecular weight excluding hydrogens is 236 g/mol. The molecule has 0 spiro atoms. The molecule has 0 aliphatic rings. The van der Waals surface area contributed by atoms with Crippen molar-refractivity contribution in [2.75, 3.05) is 5.32 Å². The molecule has 4 heteroatoms. The van der Waals surface area contributed by atoms with Gasteiger partial charge in [-0.1, -0.05) is 13.8 Å². The Bertz CT molecular complexity index is 338. The molecule has 0 heterocycles. The Morgan fingerprint density at radius 1 is 1.06 bits per heavy atom. The van der Waals surface area contributed by atoms with Gasteiger partial charge < -0.3 is 10.1 Å². The highest BCUT2D eigenvalue weighted by Crippen LogP contribution is 2.19. The number of hydrogen-bond acceptors (Lipinski definition) is 2.